The summed E-state index contributed by atoms with van der Waals surface area (Å²) in [5.41, 5.74) is 3.54. The fourth-order valence-electron chi connectivity index (χ4n) is 2.57. The first kappa shape index (κ1) is 17.2. The van der Waals surface area contributed by atoms with Crippen LogP contribution in [0.1, 0.15) is 32.0 Å². The van der Waals surface area contributed by atoms with Crippen molar-refractivity contribution in [1.29, 1.82) is 0 Å². The highest BCUT2D eigenvalue weighted by molar-refractivity contribution is 5.89. The third-order valence-electron chi connectivity index (χ3n) is 3.95. The number of rotatable bonds is 5. The summed E-state index contributed by atoms with van der Waals surface area (Å²) in [4.78, 5) is 26.4. The Morgan fingerprint density at radius 1 is 0.962 bits per heavy atom. The van der Waals surface area contributed by atoms with E-state index in [0.29, 0.717) is 5.69 Å². The molecule has 0 radical (unpaired) electrons. The minimum absolute atomic E-state index is 0.225. The van der Waals surface area contributed by atoms with Crippen molar-refractivity contribution in [2.24, 2.45) is 4.99 Å². The maximum atomic E-state index is 11.0. The minimum Gasteiger partial charge on any atom is -0.478 e. The van der Waals surface area contributed by atoms with E-state index < -0.39 is 11.9 Å². The average molecular weight is 348 g/mol. The first-order chi connectivity index (χ1) is 12.5. The van der Waals surface area contributed by atoms with Crippen molar-refractivity contribution in [2.45, 2.75) is 6.92 Å². The van der Waals surface area contributed by atoms with Gasteiger partial charge < -0.3 is 14.8 Å². The molecule has 3 rings (SSSR count). The largest absolute Gasteiger partial charge is 0.478 e. The van der Waals surface area contributed by atoms with Gasteiger partial charge in [0.25, 0.3) is 0 Å². The second-order valence-corrected chi connectivity index (χ2v) is 5.72. The quantitative estimate of drug-likeness (QED) is 0.683. The van der Waals surface area contributed by atoms with Crippen molar-refractivity contribution in [2.75, 3.05) is 0 Å². The summed E-state index contributed by atoms with van der Waals surface area (Å²) in [6.45, 7) is 1.81. The monoisotopic (exact) mass is 348 g/mol. The van der Waals surface area contributed by atoms with Crippen LogP contribution >= 0.6 is 0 Å². The molecule has 0 atom stereocenters. The minimum atomic E-state index is -0.970. The third-order valence-corrected chi connectivity index (χ3v) is 3.95. The highest BCUT2D eigenvalue weighted by atomic mass is 16.4. The second-order valence-electron chi connectivity index (χ2n) is 5.72. The summed E-state index contributed by atoms with van der Waals surface area (Å²) >= 11 is 0. The maximum Gasteiger partial charge on any atom is 0.335 e. The van der Waals surface area contributed by atoms with Crippen LogP contribution in [0.5, 0.6) is 0 Å². The number of hydrogen-bond acceptors (Lipinski definition) is 3. The van der Waals surface area contributed by atoms with Gasteiger partial charge in [0.15, 0.2) is 0 Å². The van der Waals surface area contributed by atoms with Crippen LogP contribution in [-0.2, 0) is 0 Å². The van der Waals surface area contributed by atoms with E-state index in [9.17, 15) is 9.59 Å². The lowest BCUT2D eigenvalue weighted by atomic mass is 10.1. The topological polar surface area (TPSA) is 91.9 Å². The Kier molecular flexibility index (Phi) is 4.66. The van der Waals surface area contributed by atoms with E-state index in [0.717, 1.165) is 16.9 Å². The second kappa shape index (κ2) is 7.06. The zero-order valence-corrected chi connectivity index (χ0v) is 14.0. The van der Waals surface area contributed by atoms with E-state index in [-0.39, 0.29) is 11.1 Å². The number of aromatic carboxylic acids is 2. The Hall–Kier alpha value is -3.67. The van der Waals surface area contributed by atoms with E-state index in [1.54, 1.807) is 42.6 Å². The van der Waals surface area contributed by atoms with Gasteiger partial charge in [-0.2, -0.15) is 0 Å². The van der Waals surface area contributed by atoms with Gasteiger partial charge in [-0.25, -0.2) is 9.59 Å². The van der Waals surface area contributed by atoms with Crippen molar-refractivity contribution >= 4 is 23.8 Å². The molecule has 3 aromatic rings. The number of benzene rings is 2. The fraction of sp³-hybridized carbons (Fsp3) is 0.0500. The number of aliphatic imine (C=N–C) groups is 1. The summed E-state index contributed by atoms with van der Waals surface area (Å²) in [7, 11) is 0. The lowest BCUT2D eigenvalue weighted by molar-refractivity contribution is 0.0686. The van der Waals surface area contributed by atoms with Gasteiger partial charge in [0.1, 0.15) is 0 Å². The maximum absolute atomic E-state index is 11.0. The van der Waals surface area contributed by atoms with Crippen LogP contribution in [0, 0.1) is 6.92 Å². The molecule has 0 amide bonds. The van der Waals surface area contributed by atoms with Gasteiger partial charge in [0.05, 0.1) is 28.7 Å². The number of aryl methyl sites for hydroxylation is 1. The SMILES string of the molecule is Cc1cc(C(=O)O)ccc1N=Cc1cccn1-c1ccc(C(=O)O)cc1. The molecule has 0 aliphatic rings. The molecule has 0 saturated carbocycles. The van der Waals surface area contributed by atoms with Gasteiger partial charge >= 0.3 is 11.9 Å². The van der Waals surface area contributed by atoms with Crippen LogP contribution in [0.3, 0.4) is 0 Å². The Bertz CT molecular complexity index is 1000. The summed E-state index contributed by atoms with van der Waals surface area (Å²) in [5.74, 6) is -1.94. The van der Waals surface area contributed by atoms with E-state index in [1.807, 2.05) is 29.8 Å². The molecule has 6 heteroatoms. The number of carboxylic acid groups (broad SMARTS) is 2. The third kappa shape index (κ3) is 3.54. The standard InChI is InChI=1S/C20H16N2O4/c1-13-11-15(20(25)26)6-9-18(13)21-12-17-3-2-10-22(17)16-7-4-14(5-8-16)19(23)24/h2-12H,1H3,(H,23,24)(H,25,26). The number of carbonyl (C=O) groups is 2. The average Bonchev–Trinajstić information content (AvgIpc) is 3.09. The van der Waals surface area contributed by atoms with Crippen LogP contribution in [0.4, 0.5) is 5.69 Å². The summed E-state index contributed by atoms with van der Waals surface area (Å²) in [6.07, 6.45) is 3.55. The van der Waals surface area contributed by atoms with Crippen molar-refractivity contribution in [3.05, 3.63) is 83.2 Å². The number of hydrogen-bond donors (Lipinski definition) is 2. The molecule has 0 fully saturated rings. The molecule has 2 N–H and O–H groups in total. The molecule has 0 aliphatic heterocycles. The fourth-order valence-corrected chi connectivity index (χ4v) is 2.57. The molecule has 1 aromatic heterocycles. The molecular weight excluding hydrogens is 332 g/mol. The summed E-state index contributed by atoms with van der Waals surface area (Å²) in [6, 6.07) is 15.1. The first-order valence-corrected chi connectivity index (χ1v) is 7.85. The molecular formula is C20H16N2O4. The van der Waals surface area contributed by atoms with E-state index in [2.05, 4.69) is 4.99 Å². The molecule has 26 heavy (non-hydrogen) atoms. The van der Waals surface area contributed by atoms with Gasteiger partial charge in [-0.3, -0.25) is 4.99 Å². The van der Waals surface area contributed by atoms with Gasteiger partial charge in [-0.05, 0) is 67.1 Å². The Balaban J connectivity index is 1.88. The Morgan fingerprint density at radius 2 is 1.62 bits per heavy atom. The van der Waals surface area contributed by atoms with Crippen LogP contribution < -0.4 is 0 Å². The number of carboxylic acids is 2. The molecule has 1 heterocycles. The predicted molar refractivity (Wildman–Crippen MR) is 98.1 cm³/mol. The molecule has 0 bridgehead atoms. The van der Waals surface area contributed by atoms with Crippen molar-refractivity contribution < 1.29 is 19.8 Å². The molecule has 0 unspecified atom stereocenters. The number of aromatic nitrogens is 1. The van der Waals surface area contributed by atoms with Crippen LogP contribution in [0.25, 0.3) is 5.69 Å². The highest BCUT2D eigenvalue weighted by Gasteiger charge is 2.07. The zero-order valence-electron chi connectivity index (χ0n) is 14.0. The molecule has 6 nitrogen and oxygen atoms in total. The van der Waals surface area contributed by atoms with Gasteiger partial charge in [0.2, 0.25) is 0 Å². The molecule has 0 aliphatic carbocycles. The van der Waals surface area contributed by atoms with Gasteiger partial charge in [0, 0.05) is 11.9 Å². The van der Waals surface area contributed by atoms with E-state index >= 15 is 0 Å². The van der Waals surface area contributed by atoms with Gasteiger partial charge in [-0.1, -0.05) is 0 Å². The zero-order chi connectivity index (χ0) is 18.7. The van der Waals surface area contributed by atoms with Gasteiger partial charge in [-0.15, -0.1) is 0 Å². The van der Waals surface area contributed by atoms with Crippen LogP contribution in [0.2, 0.25) is 0 Å². The van der Waals surface area contributed by atoms with Crippen molar-refractivity contribution in [3.8, 4) is 5.69 Å². The predicted octanol–water partition coefficient (Wildman–Crippen LogP) is 3.93. The Labute approximate surface area is 149 Å². The summed E-state index contributed by atoms with van der Waals surface area (Å²) < 4.78 is 1.89. The normalized spacial score (nSPS) is 11.0. The highest BCUT2D eigenvalue weighted by Crippen LogP contribution is 2.20. The lowest BCUT2D eigenvalue weighted by Crippen LogP contribution is -2.00. The molecule has 2 aromatic carbocycles. The molecule has 0 saturated heterocycles. The van der Waals surface area contributed by atoms with Crippen molar-refractivity contribution in [3.63, 3.8) is 0 Å². The smallest absolute Gasteiger partial charge is 0.335 e. The van der Waals surface area contributed by atoms with Crippen LogP contribution in [-0.4, -0.2) is 32.9 Å². The number of nitrogens with zero attached hydrogens (tertiary/aromatic N) is 2. The lowest BCUT2D eigenvalue weighted by Gasteiger charge is -2.07. The summed E-state index contributed by atoms with van der Waals surface area (Å²) in [5, 5.41) is 18.0. The van der Waals surface area contributed by atoms with Crippen LogP contribution in [0.15, 0.2) is 65.8 Å². The van der Waals surface area contributed by atoms with E-state index in [1.165, 1.54) is 6.07 Å². The Morgan fingerprint density at radius 3 is 2.23 bits per heavy atom. The van der Waals surface area contributed by atoms with Crippen molar-refractivity contribution in [1.82, 2.24) is 4.57 Å². The van der Waals surface area contributed by atoms with E-state index in [4.69, 9.17) is 10.2 Å². The first-order valence-electron chi connectivity index (χ1n) is 7.85. The molecule has 130 valence electrons. The molecule has 0 spiro atoms.